The number of ether oxygens (including phenoxy) is 2. The van der Waals surface area contributed by atoms with Crippen LogP contribution in [0.5, 0.6) is 11.5 Å². The van der Waals surface area contributed by atoms with Gasteiger partial charge in [-0.25, -0.2) is 8.78 Å². The Morgan fingerprint density at radius 2 is 1.52 bits per heavy atom. The summed E-state index contributed by atoms with van der Waals surface area (Å²) >= 11 is 6.18. The molecule has 2 aromatic rings. The third kappa shape index (κ3) is 2.80. The van der Waals surface area contributed by atoms with Crippen molar-refractivity contribution in [1.29, 1.82) is 0 Å². The molecule has 0 aromatic heterocycles. The van der Waals surface area contributed by atoms with Gasteiger partial charge in [0.05, 0.1) is 6.04 Å². The molecule has 0 fully saturated rings. The van der Waals surface area contributed by atoms with Crippen LogP contribution >= 0.6 is 11.6 Å². The second-order valence-electron chi connectivity index (χ2n) is 4.70. The third-order valence-electron chi connectivity index (χ3n) is 3.24. The highest BCUT2D eigenvalue weighted by atomic mass is 35.5. The molecule has 2 N–H and O–H groups in total. The lowest BCUT2D eigenvalue weighted by molar-refractivity contribution is 0.171. The van der Waals surface area contributed by atoms with E-state index < -0.39 is 17.7 Å². The molecule has 0 saturated heterocycles. The number of benzene rings is 2. The van der Waals surface area contributed by atoms with Crippen LogP contribution in [-0.2, 0) is 0 Å². The van der Waals surface area contributed by atoms with E-state index >= 15 is 0 Å². The Balaban J connectivity index is 2.02. The molecular weight excluding hydrogens is 300 g/mol. The predicted molar refractivity (Wildman–Crippen MR) is 74.8 cm³/mol. The first-order valence-electron chi connectivity index (χ1n) is 6.35. The maximum atomic E-state index is 13.3. The monoisotopic (exact) mass is 311 g/mol. The Labute approximate surface area is 125 Å². The molecular formula is C15H12ClF2NO2. The average Bonchev–Trinajstić information content (AvgIpc) is 2.44. The van der Waals surface area contributed by atoms with Crippen molar-refractivity contribution in [3.8, 4) is 11.5 Å². The van der Waals surface area contributed by atoms with Crippen LogP contribution in [0.1, 0.15) is 17.2 Å². The maximum Gasteiger partial charge on any atom is 0.162 e. The van der Waals surface area contributed by atoms with Crippen LogP contribution in [0.15, 0.2) is 30.3 Å². The normalized spacial score (nSPS) is 14.9. The highest BCUT2D eigenvalue weighted by Crippen LogP contribution is 2.38. The Hall–Kier alpha value is -1.85. The summed E-state index contributed by atoms with van der Waals surface area (Å²) < 4.78 is 37.5. The molecule has 1 aliphatic heterocycles. The van der Waals surface area contributed by atoms with Gasteiger partial charge in [0.2, 0.25) is 0 Å². The van der Waals surface area contributed by atoms with Gasteiger partial charge in [-0.3, -0.25) is 0 Å². The van der Waals surface area contributed by atoms with Crippen molar-refractivity contribution in [2.75, 3.05) is 13.2 Å². The van der Waals surface area contributed by atoms with Gasteiger partial charge in [-0.1, -0.05) is 11.6 Å². The minimum atomic E-state index is -0.765. The summed E-state index contributed by atoms with van der Waals surface area (Å²) in [6, 6.07) is 5.63. The van der Waals surface area contributed by atoms with Gasteiger partial charge in [-0.2, -0.15) is 0 Å². The van der Waals surface area contributed by atoms with Crippen LogP contribution in [0.3, 0.4) is 0 Å². The van der Waals surface area contributed by atoms with Crippen molar-refractivity contribution in [2.24, 2.45) is 5.73 Å². The highest BCUT2D eigenvalue weighted by Gasteiger charge is 2.20. The number of fused-ring (bicyclic) bond motifs is 1. The molecule has 1 heterocycles. The van der Waals surface area contributed by atoms with Crippen LogP contribution in [0.25, 0.3) is 0 Å². The van der Waals surface area contributed by atoms with E-state index in [-0.39, 0.29) is 0 Å². The Morgan fingerprint density at radius 1 is 0.952 bits per heavy atom. The van der Waals surface area contributed by atoms with Gasteiger partial charge < -0.3 is 15.2 Å². The molecule has 110 valence electrons. The molecule has 6 heteroatoms. The summed E-state index contributed by atoms with van der Waals surface area (Å²) in [4.78, 5) is 0. The zero-order chi connectivity index (χ0) is 15.0. The Morgan fingerprint density at radius 3 is 2.14 bits per heavy atom. The molecule has 21 heavy (non-hydrogen) atoms. The van der Waals surface area contributed by atoms with Gasteiger partial charge >= 0.3 is 0 Å². The van der Waals surface area contributed by atoms with Gasteiger partial charge in [-0.15, -0.1) is 0 Å². The minimum Gasteiger partial charge on any atom is -0.486 e. The van der Waals surface area contributed by atoms with Crippen LogP contribution in [0.2, 0.25) is 5.02 Å². The summed E-state index contributed by atoms with van der Waals surface area (Å²) in [5, 5.41) is 0.358. The predicted octanol–water partition coefficient (Wildman–Crippen LogP) is 3.44. The highest BCUT2D eigenvalue weighted by molar-refractivity contribution is 6.31. The van der Waals surface area contributed by atoms with Crippen LogP contribution < -0.4 is 15.2 Å². The lowest BCUT2D eigenvalue weighted by Gasteiger charge is -2.22. The fourth-order valence-electron chi connectivity index (χ4n) is 2.25. The quantitative estimate of drug-likeness (QED) is 0.924. The smallest absolute Gasteiger partial charge is 0.162 e. The summed E-state index contributed by atoms with van der Waals surface area (Å²) in [6.45, 7) is 0.877. The number of halogens is 3. The number of hydrogen-bond donors (Lipinski definition) is 1. The Bertz CT molecular complexity index is 673. The van der Waals surface area contributed by atoms with E-state index in [9.17, 15) is 8.78 Å². The molecule has 0 bridgehead atoms. The van der Waals surface area contributed by atoms with Crippen LogP contribution in [-0.4, -0.2) is 13.2 Å². The second kappa shape index (κ2) is 5.50. The van der Waals surface area contributed by atoms with Crippen LogP contribution in [0, 0.1) is 11.6 Å². The number of rotatable bonds is 2. The zero-order valence-corrected chi connectivity index (χ0v) is 11.7. The SMILES string of the molecule is NC(c1cc(F)cc(F)c1)c1cc2c(cc1Cl)OCCO2. The van der Waals surface area contributed by atoms with Crippen molar-refractivity contribution in [1.82, 2.24) is 0 Å². The van der Waals surface area contributed by atoms with Gasteiger partial charge in [0.15, 0.2) is 11.5 Å². The first-order chi connectivity index (χ1) is 10.0. The topological polar surface area (TPSA) is 44.5 Å². The van der Waals surface area contributed by atoms with Crippen molar-refractivity contribution < 1.29 is 18.3 Å². The molecule has 3 rings (SSSR count). The summed E-state index contributed by atoms with van der Waals surface area (Å²) in [6.07, 6.45) is 0. The van der Waals surface area contributed by atoms with E-state index in [0.717, 1.165) is 6.07 Å². The maximum absolute atomic E-state index is 13.3. The van der Waals surface area contributed by atoms with E-state index in [0.29, 0.717) is 40.9 Å². The molecule has 2 aromatic carbocycles. The molecule has 1 aliphatic rings. The fraction of sp³-hybridized carbons (Fsp3) is 0.200. The van der Waals surface area contributed by atoms with Crippen molar-refractivity contribution in [2.45, 2.75) is 6.04 Å². The molecule has 0 amide bonds. The fourth-order valence-corrected chi connectivity index (χ4v) is 2.52. The largest absolute Gasteiger partial charge is 0.486 e. The molecule has 0 saturated carbocycles. The molecule has 0 aliphatic carbocycles. The van der Waals surface area contributed by atoms with Crippen molar-refractivity contribution in [3.05, 3.63) is 58.1 Å². The lowest BCUT2D eigenvalue weighted by Crippen LogP contribution is -2.17. The van der Waals surface area contributed by atoms with E-state index in [2.05, 4.69) is 0 Å². The molecule has 3 nitrogen and oxygen atoms in total. The minimum absolute atomic E-state index is 0.297. The van der Waals surface area contributed by atoms with Gasteiger partial charge in [-0.05, 0) is 29.3 Å². The van der Waals surface area contributed by atoms with Crippen molar-refractivity contribution in [3.63, 3.8) is 0 Å². The lowest BCUT2D eigenvalue weighted by atomic mass is 9.98. The van der Waals surface area contributed by atoms with E-state index in [1.807, 2.05) is 0 Å². The van der Waals surface area contributed by atoms with E-state index in [1.54, 1.807) is 12.1 Å². The van der Waals surface area contributed by atoms with Gasteiger partial charge in [0, 0.05) is 17.2 Å². The number of nitrogens with two attached hydrogens (primary N) is 1. The summed E-state index contributed by atoms with van der Waals surface area (Å²) in [5.74, 6) is -0.316. The van der Waals surface area contributed by atoms with Gasteiger partial charge in [0.1, 0.15) is 24.8 Å². The molecule has 0 spiro atoms. The third-order valence-corrected chi connectivity index (χ3v) is 3.57. The number of hydrogen-bond acceptors (Lipinski definition) is 3. The van der Waals surface area contributed by atoms with E-state index in [4.69, 9.17) is 26.8 Å². The molecule has 0 radical (unpaired) electrons. The first-order valence-corrected chi connectivity index (χ1v) is 6.73. The van der Waals surface area contributed by atoms with Crippen molar-refractivity contribution >= 4 is 11.6 Å². The average molecular weight is 312 g/mol. The van der Waals surface area contributed by atoms with Crippen LogP contribution in [0.4, 0.5) is 8.78 Å². The van der Waals surface area contributed by atoms with E-state index in [1.165, 1.54) is 12.1 Å². The molecule has 1 unspecified atom stereocenters. The summed E-state index contributed by atoms with van der Waals surface area (Å²) in [5.41, 5.74) is 6.89. The van der Waals surface area contributed by atoms with Gasteiger partial charge in [0.25, 0.3) is 0 Å². The second-order valence-corrected chi connectivity index (χ2v) is 5.11. The summed E-state index contributed by atoms with van der Waals surface area (Å²) in [7, 11) is 0. The zero-order valence-electron chi connectivity index (χ0n) is 10.9. The first kappa shape index (κ1) is 14.1. The standard InChI is InChI=1S/C15H12ClF2NO2/c16-12-7-14-13(20-1-2-21-14)6-11(12)15(19)8-3-9(17)5-10(18)4-8/h3-7,15H,1-2,19H2. The Kier molecular flexibility index (Phi) is 3.69. The molecule has 1 atom stereocenters.